The minimum Gasteiger partial charge on any atom is -0.452 e. The number of carbonyl (C=O) groups excluding carboxylic acids is 3. The highest BCUT2D eigenvalue weighted by atomic mass is 32.1. The number of thiophene rings is 1. The smallest absolute Gasteiger partial charge is 0.331 e. The molecule has 1 aromatic heterocycles. The van der Waals surface area contributed by atoms with E-state index in [2.05, 4.69) is 10.6 Å². The van der Waals surface area contributed by atoms with E-state index < -0.39 is 24.5 Å². The van der Waals surface area contributed by atoms with Crippen molar-refractivity contribution in [1.82, 2.24) is 10.6 Å². The molecule has 1 heterocycles. The normalized spacial score (nSPS) is 31.0. The van der Waals surface area contributed by atoms with Gasteiger partial charge >= 0.3 is 12.0 Å². The molecule has 6 nitrogen and oxygen atoms in total. The topological polar surface area (TPSA) is 84.5 Å². The van der Waals surface area contributed by atoms with Crippen LogP contribution in [-0.2, 0) is 14.3 Å². The van der Waals surface area contributed by atoms with E-state index in [1.807, 2.05) is 16.8 Å². The third-order valence-corrected chi connectivity index (χ3v) is 6.67. The fraction of sp³-hybridized carbons (Fsp3) is 0.550. The van der Waals surface area contributed by atoms with Gasteiger partial charge < -0.3 is 10.1 Å². The van der Waals surface area contributed by atoms with Crippen molar-refractivity contribution in [2.45, 2.75) is 44.1 Å². The molecule has 27 heavy (non-hydrogen) atoms. The van der Waals surface area contributed by atoms with Crippen LogP contribution in [0.5, 0.6) is 0 Å². The molecule has 4 fully saturated rings. The summed E-state index contributed by atoms with van der Waals surface area (Å²) >= 11 is 1.53. The number of rotatable bonds is 5. The monoisotopic (exact) mass is 388 g/mol. The molecule has 4 saturated carbocycles. The third-order valence-electron chi connectivity index (χ3n) is 5.97. The van der Waals surface area contributed by atoms with Crippen molar-refractivity contribution in [2.24, 2.45) is 17.8 Å². The predicted octanol–water partition coefficient (Wildman–Crippen LogP) is 3.10. The van der Waals surface area contributed by atoms with Gasteiger partial charge in [-0.05, 0) is 84.7 Å². The molecule has 4 bridgehead atoms. The zero-order valence-corrected chi connectivity index (χ0v) is 15.9. The summed E-state index contributed by atoms with van der Waals surface area (Å²) in [6.45, 7) is -0.471. The van der Waals surface area contributed by atoms with Gasteiger partial charge in [0, 0.05) is 11.6 Å². The predicted molar refractivity (Wildman–Crippen MR) is 102 cm³/mol. The Morgan fingerprint density at radius 2 is 1.81 bits per heavy atom. The summed E-state index contributed by atoms with van der Waals surface area (Å²) in [5.41, 5.74) is 0.746. The van der Waals surface area contributed by atoms with Gasteiger partial charge in [0.15, 0.2) is 6.61 Å². The second kappa shape index (κ2) is 7.46. The number of esters is 1. The van der Waals surface area contributed by atoms with Crippen molar-refractivity contribution in [3.8, 4) is 0 Å². The number of ether oxygens (including phenoxy) is 1. The summed E-state index contributed by atoms with van der Waals surface area (Å²) in [7, 11) is 0. The molecule has 0 unspecified atom stereocenters. The number of imide groups is 1. The van der Waals surface area contributed by atoms with Crippen LogP contribution < -0.4 is 10.6 Å². The highest BCUT2D eigenvalue weighted by molar-refractivity contribution is 7.08. The Hall–Kier alpha value is -2.15. The van der Waals surface area contributed by atoms with Crippen LogP contribution in [0.25, 0.3) is 6.08 Å². The van der Waals surface area contributed by atoms with Crippen LogP contribution in [0.1, 0.15) is 44.1 Å². The van der Waals surface area contributed by atoms with Crippen LogP contribution in [-0.4, -0.2) is 30.1 Å². The van der Waals surface area contributed by atoms with E-state index in [4.69, 9.17) is 4.74 Å². The van der Waals surface area contributed by atoms with Crippen LogP contribution in [0.3, 0.4) is 0 Å². The average Bonchev–Trinajstić information content (AvgIpc) is 3.09. The molecule has 7 heteroatoms. The van der Waals surface area contributed by atoms with Crippen molar-refractivity contribution in [3.05, 3.63) is 28.5 Å². The first-order valence-corrected chi connectivity index (χ1v) is 10.4. The fourth-order valence-corrected chi connectivity index (χ4v) is 6.05. The van der Waals surface area contributed by atoms with E-state index in [1.54, 1.807) is 6.08 Å². The lowest BCUT2D eigenvalue weighted by atomic mass is 9.53. The number of nitrogens with one attached hydrogen (secondary N) is 2. The molecular formula is C20H24N2O4S. The molecule has 0 saturated heterocycles. The van der Waals surface area contributed by atoms with Crippen molar-refractivity contribution in [3.63, 3.8) is 0 Å². The SMILES string of the molecule is O=C(COC(=O)/C=C/c1ccsc1)NC(=O)NC12CC3CC(CC(C3)C1)C2. The van der Waals surface area contributed by atoms with Gasteiger partial charge in [0.05, 0.1) is 0 Å². The van der Waals surface area contributed by atoms with Crippen LogP contribution >= 0.6 is 11.3 Å². The Labute approximate surface area is 162 Å². The lowest BCUT2D eigenvalue weighted by Gasteiger charge is -2.56. The molecule has 4 aliphatic carbocycles. The minimum atomic E-state index is -0.616. The number of hydrogen-bond donors (Lipinski definition) is 2. The van der Waals surface area contributed by atoms with Crippen LogP contribution in [0, 0.1) is 17.8 Å². The van der Waals surface area contributed by atoms with Crippen LogP contribution in [0.15, 0.2) is 22.9 Å². The highest BCUT2D eigenvalue weighted by Crippen LogP contribution is 2.55. The maximum atomic E-state index is 12.3. The maximum absolute atomic E-state index is 12.3. The van der Waals surface area contributed by atoms with Gasteiger partial charge in [0.1, 0.15) is 0 Å². The van der Waals surface area contributed by atoms with Gasteiger partial charge in [-0.3, -0.25) is 10.1 Å². The van der Waals surface area contributed by atoms with Crippen LogP contribution in [0.4, 0.5) is 4.79 Å². The molecule has 5 rings (SSSR count). The second-order valence-electron chi connectivity index (χ2n) is 8.20. The molecule has 0 spiro atoms. The first-order valence-electron chi connectivity index (χ1n) is 9.49. The molecule has 0 aliphatic heterocycles. The van der Waals surface area contributed by atoms with Gasteiger partial charge in [-0.1, -0.05) is 0 Å². The Bertz CT molecular complexity index is 721. The van der Waals surface area contributed by atoms with Gasteiger partial charge in [-0.2, -0.15) is 11.3 Å². The van der Waals surface area contributed by atoms with Crippen LogP contribution in [0.2, 0.25) is 0 Å². The van der Waals surface area contributed by atoms with E-state index >= 15 is 0 Å². The molecule has 4 aliphatic rings. The Morgan fingerprint density at radius 3 is 2.41 bits per heavy atom. The molecule has 2 N–H and O–H groups in total. The summed E-state index contributed by atoms with van der Waals surface area (Å²) in [4.78, 5) is 35.8. The summed E-state index contributed by atoms with van der Waals surface area (Å²) < 4.78 is 4.88. The standard InChI is InChI=1S/C20H24N2O4S/c23-17(11-26-18(24)2-1-13-3-4-27-12-13)21-19(25)22-20-8-14-5-15(9-20)7-16(6-14)10-20/h1-4,12,14-16H,5-11H2,(H2,21,22,23,25)/b2-1+. The third kappa shape index (κ3) is 4.40. The molecule has 1 aromatic rings. The van der Waals surface area contributed by atoms with Crippen molar-refractivity contribution < 1.29 is 19.1 Å². The molecule has 3 amide bonds. The Morgan fingerprint density at radius 1 is 1.15 bits per heavy atom. The zero-order chi connectivity index (χ0) is 18.9. The maximum Gasteiger partial charge on any atom is 0.331 e. The molecule has 0 radical (unpaired) electrons. The summed E-state index contributed by atoms with van der Waals surface area (Å²) in [5, 5.41) is 9.15. The average molecular weight is 388 g/mol. The molecule has 0 aromatic carbocycles. The van der Waals surface area contributed by atoms with E-state index in [9.17, 15) is 14.4 Å². The number of amides is 3. The van der Waals surface area contributed by atoms with Crippen molar-refractivity contribution in [2.75, 3.05) is 6.61 Å². The van der Waals surface area contributed by atoms with E-state index in [0.29, 0.717) is 17.8 Å². The molecular weight excluding hydrogens is 364 g/mol. The van der Waals surface area contributed by atoms with Crippen molar-refractivity contribution >= 4 is 35.3 Å². The van der Waals surface area contributed by atoms with Gasteiger partial charge in [-0.25, -0.2) is 9.59 Å². The van der Waals surface area contributed by atoms with Crippen molar-refractivity contribution in [1.29, 1.82) is 0 Å². The van der Waals surface area contributed by atoms with Gasteiger partial charge in [0.25, 0.3) is 5.91 Å². The summed E-state index contributed by atoms with van der Waals surface area (Å²) in [5.74, 6) is 0.905. The Balaban J connectivity index is 1.21. The van der Waals surface area contributed by atoms with E-state index in [0.717, 1.165) is 24.8 Å². The second-order valence-corrected chi connectivity index (χ2v) is 8.98. The summed E-state index contributed by atoms with van der Waals surface area (Å²) in [6, 6.07) is 1.39. The lowest BCUT2D eigenvalue weighted by molar-refractivity contribution is -0.143. The Kier molecular flexibility index (Phi) is 5.04. The summed E-state index contributed by atoms with van der Waals surface area (Å²) in [6.07, 6.45) is 9.80. The number of urea groups is 1. The van der Waals surface area contributed by atoms with E-state index in [1.165, 1.54) is 36.7 Å². The van der Waals surface area contributed by atoms with Gasteiger partial charge in [0.2, 0.25) is 0 Å². The minimum absolute atomic E-state index is 0.154. The largest absolute Gasteiger partial charge is 0.452 e. The molecule has 0 atom stereocenters. The first kappa shape index (κ1) is 18.2. The fourth-order valence-electron chi connectivity index (χ4n) is 5.42. The number of hydrogen-bond acceptors (Lipinski definition) is 5. The number of carbonyl (C=O) groups is 3. The van der Waals surface area contributed by atoms with E-state index in [-0.39, 0.29) is 5.54 Å². The quantitative estimate of drug-likeness (QED) is 0.600. The highest BCUT2D eigenvalue weighted by Gasteiger charge is 2.51. The molecule has 144 valence electrons. The first-order chi connectivity index (χ1) is 13.0. The lowest BCUT2D eigenvalue weighted by Crippen LogP contribution is -2.62. The van der Waals surface area contributed by atoms with Gasteiger partial charge in [-0.15, -0.1) is 0 Å². The zero-order valence-electron chi connectivity index (χ0n) is 15.1.